The molecule has 140 valence electrons. The molecule has 1 aromatic carbocycles. The summed E-state index contributed by atoms with van der Waals surface area (Å²) in [4.78, 5) is 61.5. The van der Waals surface area contributed by atoms with E-state index >= 15 is 0 Å². The minimum atomic E-state index is -0.745. The van der Waals surface area contributed by atoms with E-state index in [2.05, 4.69) is 24.9 Å². The van der Waals surface area contributed by atoms with Crippen LogP contribution in [0.4, 0.5) is 0 Å². The zero-order valence-corrected chi connectivity index (χ0v) is 14.0. The summed E-state index contributed by atoms with van der Waals surface area (Å²) in [6.45, 7) is 0.113. The monoisotopic (exact) mass is 381 g/mol. The number of hydrogen-bond acceptors (Lipinski definition) is 7. The fourth-order valence-electron chi connectivity index (χ4n) is 3.35. The van der Waals surface area contributed by atoms with E-state index in [-0.39, 0.29) is 35.3 Å². The number of pyridine rings is 1. The highest BCUT2D eigenvalue weighted by atomic mass is 16.7. The van der Waals surface area contributed by atoms with Crippen LogP contribution in [0.25, 0.3) is 22.1 Å². The molecule has 5 rings (SSSR count). The summed E-state index contributed by atoms with van der Waals surface area (Å²) in [5.74, 6) is 1.14. The van der Waals surface area contributed by atoms with Crippen molar-refractivity contribution in [3.05, 3.63) is 71.0 Å². The molecule has 4 heterocycles. The molecule has 4 N–H and O–H groups in total. The number of aromatic nitrogens is 5. The average molecular weight is 381 g/mol. The van der Waals surface area contributed by atoms with Gasteiger partial charge >= 0.3 is 11.4 Å². The summed E-state index contributed by atoms with van der Waals surface area (Å²) in [7, 11) is 0. The number of rotatable bonds is 2. The molecule has 1 aliphatic heterocycles. The highest BCUT2D eigenvalue weighted by molar-refractivity contribution is 5.93. The molecule has 0 saturated heterocycles. The van der Waals surface area contributed by atoms with Crippen molar-refractivity contribution >= 4 is 22.1 Å². The molecule has 28 heavy (non-hydrogen) atoms. The Labute approximate surface area is 153 Å². The van der Waals surface area contributed by atoms with E-state index in [0.29, 0.717) is 17.1 Å². The third kappa shape index (κ3) is 2.40. The number of H-pyrrole nitrogens is 4. The molecule has 11 heteroatoms. The molecular formula is C17H11N5O6. The minimum Gasteiger partial charge on any atom is -0.454 e. The topological polar surface area (TPSA) is 163 Å². The molecule has 0 spiro atoms. The summed E-state index contributed by atoms with van der Waals surface area (Å²) >= 11 is 0. The van der Waals surface area contributed by atoms with Crippen LogP contribution in [0.1, 0.15) is 11.1 Å². The van der Waals surface area contributed by atoms with Crippen molar-refractivity contribution in [2.75, 3.05) is 6.79 Å². The van der Waals surface area contributed by atoms with Crippen LogP contribution in [-0.4, -0.2) is 31.7 Å². The molecule has 0 amide bonds. The maximum Gasteiger partial charge on any atom is 0.327 e. The van der Waals surface area contributed by atoms with Gasteiger partial charge in [-0.2, -0.15) is 0 Å². The van der Waals surface area contributed by atoms with Gasteiger partial charge in [0.25, 0.3) is 11.1 Å². The van der Waals surface area contributed by atoms with Crippen LogP contribution in [-0.2, 0) is 6.42 Å². The second-order valence-electron chi connectivity index (χ2n) is 6.22. The van der Waals surface area contributed by atoms with E-state index in [9.17, 15) is 19.2 Å². The van der Waals surface area contributed by atoms with Crippen LogP contribution in [0.5, 0.6) is 11.5 Å². The number of ether oxygens (including phenoxy) is 2. The molecule has 0 bridgehead atoms. The molecule has 0 atom stereocenters. The molecule has 0 unspecified atom stereocenters. The summed E-state index contributed by atoms with van der Waals surface area (Å²) in [5, 5.41) is 0.115. The van der Waals surface area contributed by atoms with Gasteiger partial charge < -0.3 is 9.47 Å². The zero-order chi connectivity index (χ0) is 19.4. The number of hydrogen-bond donors (Lipinski definition) is 4. The Hall–Kier alpha value is -4.15. The number of nitrogens with one attached hydrogen (secondary N) is 4. The van der Waals surface area contributed by atoms with Gasteiger partial charge in [-0.25, -0.2) is 14.6 Å². The van der Waals surface area contributed by atoms with Gasteiger partial charge in [-0.1, -0.05) is 6.07 Å². The lowest BCUT2D eigenvalue weighted by atomic mass is 9.99. The van der Waals surface area contributed by atoms with Crippen LogP contribution in [0.3, 0.4) is 0 Å². The SMILES string of the molecule is O=c1[nH]c(=O)c2c(Cc3ccc4c(c3)OCO4)c3c(=O)[nH]c(=O)[nH]c3nc2[nH]1. The van der Waals surface area contributed by atoms with Gasteiger partial charge in [0.15, 0.2) is 11.5 Å². The predicted octanol–water partition coefficient (Wildman–Crippen LogP) is -0.539. The van der Waals surface area contributed by atoms with Gasteiger partial charge in [0, 0.05) is 0 Å². The first-order chi connectivity index (χ1) is 13.5. The van der Waals surface area contributed by atoms with Crippen LogP contribution >= 0.6 is 0 Å². The molecule has 0 fully saturated rings. The van der Waals surface area contributed by atoms with Crippen molar-refractivity contribution in [1.82, 2.24) is 24.9 Å². The average Bonchev–Trinajstić information content (AvgIpc) is 3.08. The number of nitrogens with zero attached hydrogens (tertiary/aromatic N) is 1. The first kappa shape index (κ1) is 16.1. The van der Waals surface area contributed by atoms with Gasteiger partial charge in [-0.15, -0.1) is 0 Å². The fourth-order valence-corrected chi connectivity index (χ4v) is 3.35. The Kier molecular flexibility index (Phi) is 3.25. The van der Waals surface area contributed by atoms with E-state index < -0.39 is 22.5 Å². The lowest BCUT2D eigenvalue weighted by Crippen LogP contribution is -2.27. The van der Waals surface area contributed by atoms with Crippen LogP contribution < -0.4 is 32.0 Å². The van der Waals surface area contributed by atoms with Crippen LogP contribution in [0.15, 0.2) is 37.4 Å². The Balaban J connectivity index is 1.86. The van der Waals surface area contributed by atoms with Crippen molar-refractivity contribution in [1.29, 1.82) is 0 Å². The van der Waals surface area contributed by atoms with Crippen LogP contribution in [0.2, 0.25) is 0 Å². The van der Waals surface area contributed by atoms with Crippen molar-refractivity contribution in [3.8, 4) is 11.5 Å². The Morgan fingerprint density at radius 1 is 0.821 bits per heavy atom. The third-order valence-electron chi connectivity index (χ3n) is 4.49. The van der Waals surface area contributed by atoms with E-state index in [0.717, 1.165) is 5.56 Å². The minimum absolute atomic E-state index is 0.0294. The van der Waals surface area contributed by atoms with Crippen molar-refractivity contribution in [3.63, 3.8) is 0 Å². The highest BCUT2D eigenvalue weighted by Crippen LogP contribution is 2.33. The molecule has 0 radical (unpaired) electrons. The third-order valence-corrected chi connectivity index (χ3v) is 4.49. The zero-order valence-electron chi connectivity index (χ0n) is 14.0. The molecule has 3 aromatic heterocycles. The van der Waals surface area contributed by atoms with E-state index in [1.54, 1.807) is 18.2 Å². The Morgan fingerprint density at radius 2 is 1.43 bits per heavy atom. The summed E-state index contributed by atoms with van der Waals surface area (Å²) in [5.41, 5.74) is -1.88. The van der Waals surface area contributed by atoms with E-state index in [1.165, 1.54) is 0 Å². The Morgan fingerprint density at radius 3 is 2.07 bits per heavy atom. The largest absolute Gasteiger partial charge is 0.454 e. The van der Waals surface area contributed by atoms with E-state index in [1.807, 2.05) is 0 Å². The van der Waals surface area contributed by atoms with Crippen molar-refractivity contribution in [2.24, 2.45) is 0 Å². The predicted molar refractivity (Wildman–Crippen MR) is 97.1 cm³/mol. The maximum absolute atomic E-state index is 12.5. The standard InChI is InChI=1S/C17H11N5O6/c23-14-10-7(3-6-1-2-8-9(4-6)28-5-27-8)11-13(20-17(26)22-15(11)24)18-12(10)19-16(25)21-14/h1-2,4H,3,5H2,(H4,18,19,20,21,22,23,24,25,26). The van der Waals surface area contributed by atoms with E-state index in [4.69, 9.17) is 9.47 Å². The smallest absolute Gasteiger partial charge is 0.327 e. The molecule has 4 aromatic rings. The van der Waals surface area contributed by atoms with Gasteiger partial charge in [0.2, 0.25) is 6.79 Å². The van der Waals surface area contributed by atoms with Crippen LogP contribution in [0, 0.1) is 0 Å². The second-order valence-corrected chi connectivity index (χ2v) is 6.22. The lowest BCUT2D eigenvalue weighted by Gasteiger charge is -2.09. The Bertz CT molecular complexity index is 1430. The summed E-state index contributed by atoms with van der Waals surface area (Å²) in [6.07, 6.45) is 0.149. The molecule has 0 aliphatic carbocycles. The fraction of sp³-hybridized carbons (Fsp3) is 0.118. The van der Waals surface area contributed by atoms with Gasteiger partial charge in [0.05, 0.1) is 10.8 Å². The number of aromatic amines is 4. The van der Waals surface area contributed by atoms with Crippen molar-refractivity contribution < 1.29 is 9.47 Å². The second kappa shape index (κ2) is 5.67. The quantitative estimate of drug-likeness (QED) is 0.339. The van der Waals surface area contributed by atoms with Gasteiger partial charge in [-0.05, 0) is 29.7 Å². The number of fused-ring (bicyclic) bond motifs is 3. The lowest BCUT2D eigenvalue weighted by molar-refractivity contribution is 0.174. The van der Waals surface area contributed by atoms with Gasteiger partial charge in [-0.3, -0.25) is 29.5 Å². The normalized spacial score (nSPS) is 12.7. The first-order valence-electron chi connectivity index (χ1n) is 8.19. The van der Waals surface area contributed by atoms with Gasteiger partial charge in [0.1, 0.15) is 11.3 Å². The summed E-state index contributed by atoms with van der Waals surface area (Å²) < 4.78 is 10.7. The highest BCUT2D eigenvalue weighted by Gasteiger charge is 2.19. The first-order valence-corrected chi connectivity index (χ1v) is 8.19. The number of benzene rings is 1. The molecule has 11 nitrogen and oxygen atoms in total. The maximum atomic E-state index is 12.5. The molecule has 1 aliphatic rings. The van der Waals surface area contributed by atoms with Crippen molar-refractivity contribution in [2.45, 2.75) is 6.42 Å². The molecule has 0 saturated carbocycles. The molecular weight excluding hydrogens is 370 g/mol. The summed E-state index contributed by atoms with van der Waals surface area (Å²) in [6, 6.07) is 5.23.